The molecule has 0 saturated heterocycles. The van der Waals surface area contributed by atoms with Crippen molar-refractivity contribution in [2.45, 2.75) is 19.8 Å². The molecular formula is C14H12N2OS. The maximum Gasteiger partial charge on any atom is 0.203 e. The fourth-order valence-corrected chi connectivity index (χ4v) is 2.41. The predicted molar refractivity (Wildman–Crippen MR) is 70.7 cm³/mol. The number of nitriles is 1. The number of aromatic nitrogens is 1. The molecule has 0 saturated carbocycles. The summed E-state index contributed by atoms with van der Waals surface area (Å²) in [7, 11) is 0. The number of hydrogen-bond donors (Lipinski definition) is 0. The lowest BCUT2D eigenvalue weighted by atomic mass is 9.91. The molecule has 90 valence electrons. The number of benzene rings is 1. The van der Waals surface area contributed by atoms with Crippen molar-refractivity contribution in [1.82, 2.24) is 4.98 Å². The van der Waals surface area contributed by atoms with E-state index >= 15 is 0 Å². The van der Waals surface area contributed by atoms with Gasteiger partial charge in [0.15, 0.2) is 0 Å². The second-order valence-electron chi connectivity index (χ2n) is 4.03. The van der Waals surface area contributed by atoms with Crippen molar-refractivity contribution in [3.8, 4) is 6.07 Å². The molecule has 1 aromatic heterocycles. The van der Waals surface area contributed by atoms with Gasteiger partial charge in [-0.2, -0.15) is 5.26 Å². The molecule has 0 bridgehead atoms. The molecule has 1 heterocycles. The van der Waals surface area contributed by atoms with E-state index in [1.807, 2.05) is 38.1 Å². The van der Waals surface area contributed by atoms with Gasteiger partial charge in [0.1, 0.15) is 11.6 Å². The van der Waals surface area contributed by atoms with Crippen LogP contribution in [0, 0.1) is 25.2 Å². The normalized spacial score (nSPS) is 11.8. The van der Waals surface area contributed by atoms with Gasteiger partial charge in [-0.25, -0.2) is 4.98 Å². The van der Waals surface area contributed by atoms with E-state index in [0.29, 0.717) is 5.69 Å². The maximum atomic E-state index is 12.3. The highest BCUT2D eigenvalue weighted by atomic mass is 32.1. The highest BCUT2D eigenvalue weighted by Crippen LogP contribution is 2.24. The first-order chi connectivity index (χ1) is 8.63. The van der Waals surface area contributed by atoms with Gasteiger partial charge in [0.2, 0.25) is 5.78 Å². The van der Waals surface area contributed by atoms with E-state index in [2.05, 4.69) is 11.1 Å². The Morgan fingerprint density at radius 1 is 1.39 bits per heavy atom. The highest BCUT2D eigenvalue weighted by molar-refractivity contribution is 7.09. The summed E-state index contributed by atoms with van der Waals surface area (Å²) in [5, 5.41) is 11.8. The summed E-state index contributed by atoms with van der Waals surface area (Å²) in [6.45, 7) is 3.75. The number of ketones is 1. The number of Topliss-reactive ketones (excluding diaryl/α,β-unsaturated/α-hetero) is 1. The van der Waals surface area contributed by atoms with E-state index in [1.54, 1.807) is 5.38 Å². The second-order valence-corrected chi connectivity index (χ2v) is 5.10. The van der Waals surface area contributed by atoms with Crippen LogP contribution in [0.25, 0.3) is 0 Å². The van der Waals surface area contributed by atoms with Crippen molar-refractivity contribution < 1.29 is 4.79 Å². The van der Waals surface area contributed by atoms with E-state index in [1.165, 1.54) is 11.3 Å². The first-order valence-electron chi connectivity index (χ1n) is 5.55. The maximum absolute atomic E-state index is 12.3. The summed E-state index contributed by atoms with van der Waals surface area (Å²) in [5.74, 6) is -0.996. The van der Waals surface area contributed by atoms with Crippen LogP contribution in [0.2, 0.25) is 0 Å². The monoisotopic (exact) mass is 256 g/mol. The molecule has 2 aromatic rings. The van der Waals surface area contributed by atoms with Gasteiger partial charge >= 0.3 is 0 Å². The van der Waals surface area contributed by atoms with Gasteiger partial charge in [0.05, 0.1) is 11.1 Å². The fraction of sp³-hybridized carbons (Fsp3) is 0.214. The van der Waals surface area contributed by atoms with Crippen LogP contribution in [-0.4, -0.2) is 10.8 Å². The van der Waals surface area contributed by atoms with Crippen LogP contribution in [-0.2, 0) is 0 Å². The Balaban J connectivity index is 2.39. The van der Waals surface area contributed by atoms with Gasteiger partial charge in [0, 0.05) is 5.38 Å². The van der Waals surface area contributed by atoms with Crippen LogP contribution in [0.15, 0.2) is 29.6 Å². The van der Waals surface area contributed by atoms with Crippen molar-refractivity contribution in [3.05, 3.63) is 51.5 Å². The van der Waals surface area contributed by atoms with Crippen molar-refractivity contribution in [1.29, 1.82) is 5.26 Å². The molecule has 1 unspecified atom stereocenters. The number of carbonyl (C=O) groups excluding carboxylic acids is 1. The Hall–Kier alpha value is -1.99. The number of rotatable bonds is 3. The Morgan fingerprint density at radius 2 is 2.11 bits per heavy atom. The molecular weight excluding hydrogens is 244 g/mol. The molecule has 1 aromatic carbocycles. The summed E-state index contributed by atoms with van der Waals surface area (Å²) in [5.41, 5.74) is 2.09. The lowest BCUT2D eigenvalue weighted by Crippen LogP contribution is -2.12. The fourth-order valence-electron chi connectivity index (χ4n) is 1.80. The third-order valence-electron chi connectivity index (χ3n) is 2.76. The number of thiazole rings is 1. The number of carbonyl (C=O) groups is 1. The first-order valence-corrected chi connectivity index (χ1v) is 6.43. The molecule has 2 rings (SSSR count). The molecule has 3 nitrogen and oxygen atoms in total. The van der Waals surface area contributed by atoms with E-state index in [-0.39, 0.29) is 5.78 Å². The van der Waals surface area contributed by atoms with Crippen LogP contribution in [0.1, 0.15) is 32.5 Å². The SMILES string of the molecule is Cc1nc(C(=O)C(C#N)c2ccccc2C)cs1. The van der Waals surface area contributed by atoms with E-state index < -0.39 is 5.92 Å². The summed E-state index contributed by atoms with van der Waals surface area (Å²) in [4.78, 5) is 16.4. The van der Waals surface area contributed by atoms with Crippen molar-refractivity contribution >= 4 is 17.1 Å². The van der Waals surface area contributed by atoms with Crippen LogP contribution >= 0.6 is 11.3 Å². The Kier molecular flexibility index (Phi) is 3.54. The molecule has 0 aliphatic carbocycles. The van der Waals surface area contributed by atoms with Crippen LogP contribution in [0.5, 0.6) is 0 Å². The Labute approximate surface area is 110 Å². The lowest BCUT2D eigenvalue weighted by Gasteiger charge is -2.09. The average molecular weight is 256 g/mol. The zero-order valence-electron chi connectivity index (χ0n) is 10.2. The zero-order valence-corrected chi connectivity index (χ0v) is 11.0. The van der Waals surface area contributed by atoms with Gasteiger partial charge in [-0.3, -0.25) is 4.79 Å². The van der Waals surface area contributed by atoms with Gasteiger partial charge in [-0.05, 0) is 25.0 Å². The minimum Gasteiger partial charge on any atom is -0.291 e. The average Bonchev–Trinajstić information content (AvgIpc) is 2.79. The molecule has 0 fully saturated rings. The molecule has 1 atom stereocenters. The smallest absolute Gasteiger partial charge is 0.203 e. The van der Waals surface area contributed by atoms with Crippen LogP contribution in [0.4, 0.5) is 0 Å². The van der Waals surface area contributed by atoms with Crippen molar-refractivity contribution in [3.63, 3.8) is 0 Å². The molecule has 0 aliphatic rings. The van der Waals surface area contributed by atoms with E-state index in [9.17, 15) is 10.1 Å². The Bertz CT molecular complexity index is 625. The molecule has 18 heavy (non-hydrogen) atoms. The van der Waals surface area contributed by atoms with E-state index in [0.717, 1.165) is 16.1 Å². The summed E-state index contributed by atoms with van der Waals surface area (Å²) < 4.78 is 0. The molecule has 0 radical (unpaired) electrons. The lowest BCUT2D eigenvalue weighted by molar-refractivity contribution is 0.0974. The number of hydrogen-bond acceptors (Lipinski definition) is 4. The van der Waals surface area contributed by atoms with Gasteiger partial charge in [-0.1, -0.05) is 24.3 Å². The summed E-state index contributed by atoms with van der Waals surface area (Å²) in [6.07, 6.45) is 0. The van der Waals surface area contributed by atoms with Gasteiger partial charge in [0.25, 0.3) is 0 Å². The number of nitrogens with zero attached hydrogens (tertiary/aromatic N) is 2. The van der Waals surface area contributed by atoms with Gasteiger partial charge in [-0.15, -0.1) is 11.3 Å². The van der Waals surface area contributed by atoms with Crippen molar-refractivity contribution in [2.75, 3.05) is 0 Å². The highest BCUT2D eigenvalue weighted by Gasteiger charge is 2.24. The minimum atomic E-state index is -0.771. The third-order valence-corrected chi connectivity index (χ3v) is 3.54. The second kappa shape index (κ2) is 5.11. The van der Waals surface area contributed by atoms with Crippen LogP contribution < -0.4 is 0 Å². The third kappa shape index (κ3) is 2.31. The first kappa shape index (κ1) is 12.5. The summed E-state index contributed by atoms with van der Waals surface area (Å²) in [6, 6.07) is 9.54. The minimum absolute atomic E-state index is 0.226. The number of aryl methyl sites for hydroxylation is 2. The topological polar surface area (TPSA) is 53.8 Å². The Morgan fingerprint density at radius 3 is 2.67 bits per heavy atom. The molecule has 0 spiro atoms. The predicted octanol–water partition coefficient (Wildman–Crippen LogP) is 3.25. The molecule has 0 N–H and O–H groups in total. The standard InChI is InChI=1S/C14H12N2OS/c1-9-5-3-4-6-11(9)12(7-15)14(17)13-8-18-10(2)16-13/h3-6,8,12H,1-2H3. The zero-order chi connectivity index (χ0) is 13.1. The van der Waals surface area contributed by atoms with Gasteiger partial charge < -0.3 is 0 Å². The quantitative estimate of drug-likeness (QED) is 0.792. The molecule has 0 amide bonds. The largest absolute Gasteiger partial charge is 0.291 e. The summed E-state index contributed by atoms with van der Waals surface area (Å²) >= 11 is 1.42. The molecule has 4 heteroatoms. The van der Waals surface area contributed by atoms with Crippen molar-refractivity contribution in [2.24, 2.45) is 0 Å². The molecule has 0 aliphatic heterocycles. The van der Waals surface area contributed by atoms with Crippen LogP contribution in [0.3, 0.4) is 0 Å². The van der Waals surface area contributed by atoms with E-state index in [4.69, 9.17) is 0 Å².